The summed E-state index contributed by atoms with van der Waals surface area (Å²) in [6, 6.07) is 12.1. The first-order valence-electron chi connectivity index (χ1n) is 8.50. The van der Waals surface area contributed by atoms with Gasteiger partial charge < -0.3 is 5.32 Å². The molecule has 2 unspecified atom stereocenters. The number of hydrogen-bond acceptors (Lipinski definition) is 2. The SMILES string of the molecule is CCCC(C)(C)N1CC(C(C)C)NCC1c1ccccc1. The summed E-state index contributed by atoms with van der Waals surface area (Å²) in [4.78, 5) is 2.74. The highest BCUT2D eigenvalue weighted by atomic mass is 15.3. The van der Waals surface area contributed by atoms with Crippen molar-refractivity contribution in [2.45, 2.75) is 65.1 Å². The maximum absolute atomic E-state index is 3.77. The fourth-order valence-corrected chi connectivity index (χ4v) is 3.62. The van der Waals surface area contributed by atoms with Crippen LogP contribution >= 0.6 is 0 Å². The molecule has 21 heavy (non-hydrogen) atoms. The van der Waals surface area contributed by atoms with E-state index in [0.717, 1.165) is 13.1 Å². The number of benzene rings is 1. The molecule has 0 amide bonds. The predicted octanol–water partition coefficient (Wildman–Crippen LogP) is 4.24. The van der Waals surface area contributed by atoms with Gasteiger partial charge in [-0.2, -0.15) is 0 Å². The quantitative estimate of drug-likeness (QED) is 0.872. The molecule has 1 N–H and O–H groups in total. The monoisotopic (exact) mass is 288 g/mol. The summed E-state index contributed by atoms with van der Waals surface area (Å²) >= 11 is 0. The Bertz CT molecular complexity index is 424. The van der Waals surface area contributed by atoms with Gasteiger partial charge in [-0.15, -0.1) is 0 Å². The molecule has 2 nitrogen and oxygen atoms in total. The van der Waals surface area contributed by atoms with E-state index in [1.165, 1.54) is 18.4 Å². The molecule has 0 bridgehead atoms. The summed E-state index contributed by atoms with van der Waals surface area (Å²) in [5.74, 6) is 0.682. The molecule has 0 radical (unpaired) electrons. The van der Waals surface area contributed by atoms with Crippen LogP contribution in [0.3, 0.4) is 0 Å². The summed E-state index contributed by atoms with van der Waals surface area (Å²) in [7, 11) is 0. The molecule has 0 aromatic heterocycles. The van der Waals surface area contributed by atoms with Gasteiger partial charge in [0.2, 0.25) is 0 Å². The maximum atomic E-state index is 3.77. The lowest BCUT2D eigenvalue weighted by atomic mass is 9.88. The number of piperazine rings is 1. The molecule has 1 aromatic carbocycles. The summed E-state index contributed by atoms with van der Waals surface area (Å²) in [5.41, 5.74) is 1.70. The first-order valence-corrected chi connectivity index (χ1v) is 8.50. The van der Waals surface area contributed by atoms with Gasteiger partial charge in [-0.1, -0.05) is 57.5 Å². The zero-order chi connectivity index (χ0) is 15.5. The van der Waals surface area contributed by atoms with Crippen molar-refractivity contribution in [2.24, 2.45) is 5.92 Å². The van der Waals surface area contributed by atoms with E-state index in [4.69, 9.17) is 0 Å². The molecule has 118 valence electrons. The minimum atomic E-state index is 0.254. The normalized spacial score (nSPS) is 24.5. The third-order valence-electron chi connectivity index (χ3n) is 4.97. The summed E-state index contributed by atoms with van der Waals surface area (Å²) in [6.45, 7) is 14.0. The molecular formula is C19H32N2. The largest absolute Gasteiger partial charge is 0.311 e. The molecule has 1 aliphatic heterocycles. The summed E-state index contributed by atoms with van der Waals surface area (Å²) in [5, 5.41) is 3.77. The van der Waals surface area contributed by atoms with Gasteiger partial charge in [0.05, 0.1) is 0 Å². The molecule has 2 heteroatoms. The Labute approximate surface area is 130 Å². The van der Waals surface area contributed by atoms with E-state index in [-0.39, 0.29) is 5.54 Å². The van der Waals surface area contributed by atoms with E-state index in [2.05, 4.69) is 75.2 Å². The van der Waals surface area contributed by atoms with E-state index >= 15 is 0 Å². The van der Waals surface area contributed by atoms with Gasteiger partial charge in [0.1, 0.15) is 0 Å². The van der Waals surface area contributed by atoms with Crippen LogP contribution in [0.2, 0.25) is 0 Å². The molecule has 2 atom stereocenters. The lowest BCUT2D eigenvalue weighted by Gasteiger charge is -2.50. The third-order valence-corrected chi connectivity index (χ3v) is 4.97. The smallest absolute Gasteiger partial charge is 0.0478 e. The van der Waals surface area contributed by atoms with Crippen LogP contribution in [0.15, 0.2) is 30.3 Å². The maximum Gasteiger partial charge on any atom is 0.0478 e. The van der Waals surface area contributed by atoms with Crippen LogP contribution in [0.1, 0.15) is 59.1 Å². The van der Waals surface area contributed by atoms with Crippen molar-refractivity contribution in [3.05, 3.63) is 35.9 Å². The van der Waals surface area contributed by atoms with Crippen molar-refractivity contribution in [3.8, 4) is 0 Å². The van der Waals surface area contributed by atoms with Gasteiger partial charge in [0.25, 0.3) is 0 Å². The molecule has 1 aliphatic rings. The second-order valence-corrected chi connectivity index (χ2v) is 7.40. The molecule has 1 saturated heterocycles. The first-order chi connectivity index (χ1) is 9.95. The van der Waals surface area contributed by atoms with E-state index in [1.807, 2.05) is 0 Å². The molecule has 1 aromatic rings. The van der Waals surface area contributed by atoms with Gasteiger partial charge in [0.15, 0.2) is 0 Å². The summed E-state index contributed by atoms with van der Waals surface area (Å²) < 4.78 is 0. The van der Waals surface area contributed by atoms with E-state index in [0.29, 0.717) is 18.0 Å². The minimum Gasteiger partial charge on any atom is -0.311 e. The molecule has 0 saturated carbocycles. The average Bonchev–Trinajstić information content (AvgIpc) is 2.47. The zero-order valence-corrected chi connectivity index (χ0v) is 14.4. The molecular weight excluding hydrogens is 256 g/mol. The Kier molecular flexibility index (Phi) is 5.45. The lowest BCUT2D eigenvalue weighted by molar-refractivity contribution is 0.0156. The number of rotatable bonds is 5. The van der Waals surface area contributed by atoms with Crippen LogP contribution in [0.25, 0.3) is 0 Å². The highest BCUT2D eigenvalue weighted by molar-refractivity contribution is 5.21. The van der Waals surface area contributed by atoms with Gasteiger partial charge in [-0.05, 0) is 31.7 Å². The van der Waals surface area contributed by atoms with Crippen molar-refractivity contribution in [2.75, 3.05) is 13.1 Å². The van der Waals surface area contributed by atoms with Crippen LogP contribution in [-0.4, -0.2) is 29.6 Å². The standard InChI is InChI=1S/C19H32N2/c1-6-12-19(4,5)21-14-17(15(2)3)20-13-18(21)16-10-8-7-9-11-16/h7-11,15,17-18,20H,6,12-14H2,1-5H3. The highest BCUT2D eigenvalue weighted by Gasteiger charge is 2.38. The highest BCUT2D eigenvalue weighted by Crippen LogP contribution is 2.34. The van der Waals surface area contributed by atoms with Crippen molar-refractivity contribution < 1.29 is 0 Å². The topological polar surface area (TPSA) is 15.3 Å². The Morgan fingerprint density at radius 2 is 1.90 bits per heavy atom. The molecule has 1 heterocycles. The predicted molar refractivity (Wildman–Crippen MR) is 91.5 cm³/mol. The van der Waals surface area contributed by atoms with Crippen molar-refractivity contribution in [1.29, 1.82) is 0 Å². The Morgan fingerprint density at radius 1 is 1.24 bits per heavy atom. The van der Waals surface area contributed by atoms with Crippen LogP contribution in [0.4, 0.5) is 0 Å². The molecule has 2 rings (SSSR count). The molecule has 0 aliphatic carbocycles. The number of nitrogens with zero attached hydrogens (tertiary/aromatic N) is 1. The average molecular weight is 288 g/mol. The van der Waals surface area contributed by atoms with Crippen LogP contribution in [-0.2, 0) is 0 Å². The number of nitrogens with one attached hydrogen (secondary N) is 1. The number of hydrogen-bond donors (Lipinski definition) is 1. The fourth-order valence-electron chi connectivity index (χ4n) is 3.62. The van der Waals surface area contributed by atoms with Gasteiger partial charge in [0, 0.05) is 30.7 Å². The van der Waals surface area contributed by atoms with Gasteiger partial charge >= 0.3 is 0 Å². The van der Waals surface area contributed by atoms with E-state index in [1.54, 1.807) is 0 Å². The minimum absolute atomic E-state index is 0.254. The second-order valence-electron chi connectivity index (χ2n) is 7.40. The van der Waals surface area contributed by atoms with Gasteiger partial charge in [-0.25, -0.2) is 0 Å². The van der Waals surface area contributed by atoms with Crippen molar-refractivity contribution in [1.82, 2.24) is 10.2 Å². The summed E-state index contributed by atoms with van der Waals surface area (Å²) in [6.07, 6.45) is 2.49. The second kappa shape index (κ2) is 6.93. The first kappa shape index (κ1) is 16.5. The third kappa shape index (κ3) is 3.87. The molecule has 1 fully saturated rings. The van der Waals surface area contributed by atoms with Crippen LogP contribution < -0.4 is 5.32 Å². The Morgan fingerprint density at radius 3 is 2.48 bits per heavy atom. The fraction of sp³-hybridized carbons (Fsp3) is 0.684. The zero-order valence-electron chi connectivity index (χ0n) is 14.4. The molecule has 0 spiro atoms. The van der Waals surface area contributed by atoms with E-state index in [9.17, 15) is 0 Å². The van der Waals surface area contributed by atoms with Crippen LogP contribution in [0.5, 0.6) is 0 Å². The Balaban J connectivity index is 2.26. The Hall–Kier alpha value is -0.860. The lowest BCUT2D eigenvalue weighted by Crippen LogP contribution is -2.60. The van der Waals surface area contributed by atoms with Gasteiger partial charge in [-0.3, -0.25) is 4.90 Å². The van der Waals surface area contributed by atoms with Crippen molar-refractivity contribution in [3.63, 3.8) is 0 Å². The van der Waals surface area contributed by atoms with E-state index < -0.39 is 0 Å². The van der Waals surface area contributed by atoms with Crippen LogP contribution in [0, 0.1) is 5.92 Å². The van der Waals surface area contributed by atoms with Crippen molar-refractivity contribution >= 4 is 0 Å².